The summed E-state index contributed by atoms with van der Waals surface area (Å²) in [7, 11) is 0. The van der Waals surface area contributed by atoms with Gasteiger partial charge in [-0.25, -0.2) is 0 Å². The van der Waals surface area contributed by atoms with Crippen LogP contribution in [0.2, 0.25) is 0 Å². The largest absolute Gasteiger partial charge is 0.309 e. The van der Waals surface area contributed by atoms with Crippen LogP contribution in [0.1, 0.15) is 44.5 Å². The van der Waals surface area contributed by atoms with Crippen molar-refractivity contribution in [2.45, 2.75) is 10.8 Å². The predicted molar refractivity (Wildman–Crippen MR) is 280 cm³/mol. The van der Waals surface area contributed by atoms with Crippen molar-refractivity contribution < 1.29 is 0 Å². The Morgan fingerprint density at radius 2 is 0.691 bits per heavy atom. The highest BCUT2D eigenvalue weighted by Gasteiger charge is 2.54. The Balaban J connectivity index is 1.05. The van der Waals surface area contributed by atoms with Crippen molar-refractivity contribution in [2.24, 2.45) is 0 Å². The summed E-state index contributed by atoms with van der Waals surface area (Å²) in [6.07, 6.45) is 0. The molecule has 1 unspecified atom stereocenters. The van der Waals surface area contributed by atoms with Crippen LogP contribution in [-0.4, -0.2) is 4.57 Å². The highest BCUT2D eigenvalue weighted by molar-refractivity contribution is 6.14. The quantitative estimate of drug-likeness (QED) is 0.172. The average molecular weight is 861 g/mol. The zero-order valence-electron chi connectivity index (χ0n) is 37.0. The van der Waals surface area contributed by atoms with E-state index in [2.05, 4.69) is 252 Å². The van der Waals surface area contributed by atoms with Gasteiger partial charge in [-0.15, -0.1) is 0 Å². The topological polar surface area (TPSA) is 8.17 Å². The Morgan fingerprint density at radius 3 is 1.35 bits per heavy atom. The molecule has 2 spiro atoms. The van der Waals surface area contributed by atoms with E-state index in [0.29, 0.717) is 0 Å². The van der Waals surface area contributed by atoms with Crippen molar-refractivity contribution in [1.82, 2.24) is 4.57 Å². The second-order valence-electron chi connectivity index (χ2n) is 19.0. The van der Waals surface area contributed by atoms with E-state index in [9.17, 15) is 0 Å². The molecule has 0 saturated heterocycles. The SMILES string of the molecule is c1ccc2c(c1)-c1ccccc1C21c2ccccc2-c2c(N(c3cccc4c3-c3ccccc3C43c4ccccc4-n4c5ccccc5c5cccc3c54)c3cccc4ccccc34)cccc21. The molecule has 11 aromatic carbocycles. The molecule has 0 N–H and O–H groups in total. The molecule has 0 radical (unpaired) electrons. The van der Waals surface area contributed by atoms with Crippen LogP contribution in [0.25, 0.3) is 71.6 Å². The Kier molecular flexibility index (Phi) is 6.98. The Labute approximate surface area is 394 Å². The van der Waals surface area contributed by atoms with Crippen LogP contribution in [0, 0.1) is 0 Å². The Morgan fingerprint density at radius 1 is 0.279 bits per heavy atom. The number of para-hydroxylation sites is 3. The molecule has 68 heavy (non-hydrogen) atoms. The second-order valence-corrected chi connectivity index (χ2v) is 19.0. The normalized spacial score (nSPS) is 15.8. The maximum Gasteiger partial charge on any atom is 0.0755 e. The molecule has 0 bridgehead atoms. The van der Waals surface area contributed by atoms with Gasteiger partial charge in [-0.1, -0.05) is 212 Å². The number of nitrogens with zero attached hydrogens (tertiary/aromatic N) is 2. The zero-order chi connectivity index (χ0) is 44.3. The first-order valence-corrected chi connectivity index (χ1v) is 23.9. The summed E-state index contributed by atoms with van der Waals surface area (Å²) in [5.74, 6) is 0. The lowest BCUT2D eigenvalue weighted by Gasteiger charge is -2.39. The molecular weight excluding hydrogens is 821 g/mol. The van der Waals surface area contributed by atoms with E-state index in [1.807, 2.05) is 0 Å². The molecule has 1 atom stereocenters. The first-order valence-electron chi connectivity index (χ1n) is 23.9. The Hall–Kier alpha value is -8.72. The Bertz CT molecular complexity index is 4140. The molecule has 16 rings (SSSR count). The van der Waals surface area contributed by atoms with E-state index in [0.717, 1.165) is 11.4 Å². The standard InChI is InChI=1S/C66H40N2/c1-2-21-42-41(19-1)20-15-38-57(42)67(60-39-17-33-54-62(60)47-25-5-10-30-51(47)65(54)49-28-8-3-22-43(49)44-23-4-9-29-50(44)65)61-40-18-34-55-63(61)48-26-6-11-31-52(48)66(55)53-32-12-14-37-59(53)68-58-36-13-7-24-45(58)46-27-16-35-56(66)64(46)68/h1-40H. The molecule has 3 aliphatic carbocycles. The molecule has 314 valence electrons. The lowest BCUT2D eigenvalue weighted by Crippen LogP contribution is -2.33. The molecule has 1 aliphatic heterocycles. The van der Waals surface area contributed by atoms with Crippen LogP contribution in [0.5, 0.6) is 0 Å². The summed E-state index contributed by atoms with van der Waals surface area (Å²) in [5.41, 5.74) is 24.5. The number of hydrogen-bond donors (Lipinski definition) is 0. The fraction of sp³-hybridized carbons (Fsp3) is 0.0303. The summed E-state index contributed by atoms with van der Waals surface area (Å²) < 4.78 is 2.54. The monoisotopic (exact) mass is 860 g/mol. The van der Waals surface area contributed by atoms with Crippen molar-refractivity contribution in [3.63, 3.8) is 0 Å². The maximum atomic E-state index is 2.63. The molecule has 0 saturated carbocycles. The van der Waals surface area contributed by atoms with Crippen molar-refractivity contribution in [2.75, 3.05) is 4.90 Å². The van der Waals surface area contributed by atoms with E-state index in [4.69, 9.17) is 0 Å². The fourth-order valence-corrected chi connectivity index (χ4v) is 13.9. The van der Waals surface area contributed by atoms with Gasteiger partial charge in [0.15, 0.2) is 0 Å². The average Bonchev–Trinajstić information content (AvgIpc) is 4.10. The maximum absolute atomic E-state index is 2.63. The van der Waals surface area contributed by atoms with Gasteiger partial charge in [0.2, 0.25) is 0 Å². The van der Waals surface area contributed by atoms with Crippen molar-refractivity contribution in [3.05, 3.63) is 287 Å². The number of rotatable bonds is 3. The summed E-state index contributed by atoms with van der Waals surface area (Å²) in [5, 5.41) is 4.99. The number of hydrogen-bond acceptors (Lipinski definition) is 1. The third kappa shape index (κ3) is 4.18. The summed E-state index contributed by atoms with van der Waals surface area (Å²) in [6.45, 7) is 0. The van der Waals surface area contributed by atoms with Gasteiger partial charge < -0.3 is 9.47 Å². The highest BCUT2D eigenvalue weighted by atomic mass is 15.2. The van der Waals surface area contributed by atoms with Gasteiger partial charge in [-0.3, -0.25) is 0 Å². The fourth-order valence-electron chi connectivity index (χ4n) is 13.9. The number of anilines is 3. The van der Waals surface area contributed by atoms with Crippen LogP contribution in [-0.2, 0) is 10.8 Å². The zero-order valence-corrected chi connectivity index (χ0v) is 37.0. The number of fused-ring (bicyclic) bond motifs is 23. The van der Waals surface area contributed by atoms with Crippen molar-refractivity contribution in [3.8, 4) is 39.1 Å². The first-order chi connectivity index (χ1) is 33.8. The molecule has 2 heteroatoms. The van der Waals surface area contributed by atoms with Gasteiger partial charge in [0.05, 0.1) is 44.6 Å². The van der Waals surface area contributed by atoms with Gasteiger partial charge in [0.25, 0.3) is 0 Å². The predicted octanol–water partition coefficient (Wildman–Crippen LogP) is 16.4. The van der Waals surface area contributed by atoms with E-state index < -0.39 is 10.8 Å². The molecule has 4 aliphatic rings. The molecular formula is C66H40N2. The van der Waals surface area contributed by atoms with Gasteiger partial charge in [0.1, 0.15) is 0 Å². The molecule has 12 aromatic rings. The van der Waals surface area contributed by atoms with Gasteiger partial charge in [0, 0.05) is 27.3 Å². The van der Waals surface area contributed by atoms with Crippen LogP contribution >= 0.6 is 0 Å². The van der Waals surface area contributed by atoms with Crippen LogP contribution in [0.15, 0.2) is 243 Å². The van der Waals surface area contributed by atoms with Gasteiger partial charge in [-0.05, 0) is 102 Å². The number of benzene rings is 11. The number of aromatic nitrogens is 1. The van der Waals surface area contributed by atoms with Gasteiger partial charge in [-0.2, -0.15) is 0 Å². The summed E-state index contributed by atoms with van der Waals surface area (Å²) >= 11 is 0. The lowest BCUT2D eigenvalue weighted by molar-refractivity contribution is 0.748. The van der Waals surface area contributed by atoms with E-state index >= 15 is 0 Å². The third-order valence-corrected chi connectivity index (χ3v) is 16.2. The smallest absolute Gasteiger partial charge is 0.0755 e. The van der Waals surface area contributed by atoms with Crippen molar-refractivity contribution >= 4 is 49.6 Å². The van der Waals surface area contributed by atoms with Crippen LogP contribution < -0.4 is 4.90 Å². The highest BCUT2D eigenvalue weighted by Crippen LogP contribution is 2.67. The van der Waals surface area contributed by atoms with Crippen LogP contribution in [0.4, 0.5) is 17.1 Å². The molecule has 0 amide bonds. The lowest BCUT2D eigenvalue weighted by atomic mass is 9.65. The minimum atomic E-state index is -0.584. The minimum Gasteiger partial charge on any atom is -0.309 e. The molecule has 1 aromatic heterocycles. The molecule has 2 heterocycles. The molecule has 2 nitrogen and oxygen atoms in total. The molecule has 0 fully saturated rings. The van der Waals surface area contributed by atoms with E-state index in [-0.39, 0.29) is 0 Å². The summed E-state index contributed by atoms with van der Waals surface area (Å²) in [6, 6.07) is 91.9. The third-order valence-electron chi connectivity index (χ3n) is 16.2. The first kappa shape index (κ1) is 36.5. The second kappa shape index (κ2) is 13.0. The van der Waals surface area contributed by atoms with E-state index in [1.54, 1.807) is 0 Å². The summed E-state index contributed by atoms with van der Waals surface area (Å²) in [4.78, 5) is 2.63. The van der Waals surface area contributed by atoms with E-state index in [1.165, 1.54) is 122 Å². The van der Waals surface area contributed by atoms with Crippen LogP contribution in [0.3, 0.4) is 0 Å². The minimum absolute atomic E-state index is 0.474. The van der Waals surface area contributed by atoms with Gasteiger partial charge >= 0.3 is 0 Å². The van der Waals surface area contributed by atoms with Crippen molar-refractivity contribution in [1.29, 1.82) is 0 Å².